The van der Waals surface area contributed by atoms with Crippen LogP contribution >= 0.6 is 11.6 Å². The molecule has 5 rings (SSSR count). The number of hydrogen-bond donors (Lipinski definition) is 3. The molecule has 2 saturated heterocycles. The Bertz CT molecular complexity index is 1140. The molecule has 0 radical (unpaired) electrons. The normalized spacial score (nSPS) is 24.3. The van der Waals surface area contributed by atoms with E-state index in [2.05, 4.69) is 27.1 Å². The molecular weight excluding hydrogens is 518 g/mol. The Hall–Kier alpha value is -2.30. The Labute approximate surface area is 235 Å². The number of ether oxygens (including phenoxy) is 1. The first-order valence-electron chi connectivity index (χ1n) is 14.2. The van der Waals surface area contributed by atoms with Crippen molar-refractivity contribution in [2.75, 3.05) is 50.9 Å². The molecule has 1 unspecified atom stereocenters. The van der Waals surface area contributed by atoms with Crippen LogP contribution in [0.25, 0.3) is 0 Å². The van der Waals surface area contributed by atoms with Gasteiger partial charge in [0.05, 0.1) is 18.4 Å². The predicted molar refractivity (Wildman–Crippen MR) is 150 cm³/mol. The summed E-state index contributed by atoms with van der Waals surface area (Å²) in [6, 6.07) is 7.25. The van der Waals surface area contributed by atoms with E-state index in [0.717, 1.165) is 35.5 Å². The van der Waals surface area contributed by atoms with Gasteiger partial charge in [-0.25, -0.2) is 9.97 Å². The smallest absolute Gasteiger partial charge is 0.247 e. The van der Waals surface area contributed by atoms with Crippen molar-refractivity contribution in [3.8, 4) is 0 Å². The molecule has 2 aromatic rings. The van der Waals surface area contributed by atoms with Gasteiger partial charge in [0.1, 0.15) is 17.7 Å². The van der Waals surface area contributed by atoms with Crippen molar-refractivity contribution in [1.82, 2.24) is 20.2 Å². The highest BCUT2D eigenvalue weighted by atomic mass is 35.5. The van der Waals surface area contributed by atoms with Gasteiger partial charge in [-0.05, 0) is 55.2 Å². The summed E-state index contributed by atoms with van der Waals surface area (Å²) in [7, 11) is 0. The van der Waals surface area contributed by atoms with E-state index in [1.54, 1.807) is 0 Å². The molecule has 9 nitrogen and oxygen atoms in total. The van der Waals surface area contributed by atoms with Crippen LogP contribution in [-0.4, -0.2) is 83.0 Å². The topological polar surface area (TPSA) is 111 Å². The van der Waals surface area contributed by atoms with Gasteiger partial charge in [-0.1, -0.05) is 37.6 Å². The summed E-state index contributed by atoms with van der Waals surface area (Å²) in [6.45, 7) is 7.78. The Morgan fingerprint density at radius 2 is 1.87 bits per heavy atom. The van der Waals surface area contributed by atoms with Crippen molar-refractivity contribution in [1.29, 1.82) is 0 Å². The number of aromatic nitrogens is 2. The third kappa shape index (κ3) is 5.52. The summed E-state index contributed by atoms with van der Waals surface area (Å²) in [5.74, 6) is 1.29. The van der Waals surface area contributed by atoms with Crippen LogP contribution in [0.2, 0.25) is 5.02 Å². The molecule has 1 amide bonds. The molecule has 1 aliphatic carbocycles. The second-order valence-electron chi connectivity index (χ2n) is 11.1. The van der Waals surface area contributed by atoms with E-state index in [4.69, 9.17) is 16.3 Å². The van der Waals surface area contributed by atoms with Crippen molar-refractivity contribution >= 4 is 23.3 Å². The van der Waals surface area contributed by atoms with Crippen molar-refractivity contribution in [2.45, 2.75) is 63.1 Å². The largest absolute Gasteiger partial charge is 0.395 e. The average molecular weight is 558 g/mol. The Morgan fingerprint density at radius 3 is 2.51 bits per heavy atom. The first-order chi connectivity index (χ1) is 18.9. The lowest BCUT2D eigenvalue weighted by molar-refractivity contribution is -0.140. The number of carbonyl (C=O) groups excluding carboxylic acids is 1. The molecule has 212 valence electrons. The molecule has 2 fully saturated rings. The number of halogens is 1. The lowest BCUT2D eigenvalue weighted by Gasteiger charge is -2.44. The van der Waals surface area contributed by atoms with E-state index in [-0.39, 0.29) is 30.4 Å². The molecule has 10 heteroatoms. The highest BCUT2D eigenvalue weighted by Gasteiger charge is 2.45. The number of nitrogens with one attached hydrogen (secondary N) is 1. The standard InChI is InChI=1S/C29H40ClN5O4/c1-3-29(21-4-6-22(30)7-5-21,33-23(17-36)20-8-14-39-15-9-20)28(38)35-12-10-34(11-13-35)27-25-19(2)16-24(37)26(25)31-18-32-27/h4-7,18-20,23-24,33,36-37H,3,8-17H2,1-2H3/t19-,23?,24-,29-/m1/s1. The van der Waals surface area contributed by atoms with E-state index < -0.39 is 11.6 Å². The second kappa shape index (κ2) is 12.1. The van der Waals surface area contributed by atoms with Crippen LogP contribution < -0.4 is 10.2 Å². The zero-order valence-electron chi connectivity index (χ0n) is 22.9. The molecule has 3 heterocycles. The molecule has 1 aromatic carbocycles. The Kier molecular flexibility index (Phi) is 8.73. The van der Waals surface area contributed by atoms with E-state index in [0.29, 0.717) is 57.3 Å². The number of piperazine rings is 1. The van der Waals surface area contributed by atoms with E-state index in [1.165, 1.54) is 6.33 Å². The van der Waals surface area contributed by atoms with Gasteiger partial charge in [-0.2, -0.15) is 0 Å². The number of aliphatic hydroxyl groups is 2. The summed E-state index contributed by atoms with van der Waals surface area (Å²) in [4.78, 5) is 27.5. The number of nitrogens with zero attached hydrogens (tertiary/aromatic N) is 4. The van der Waals surface area contributed by atoms with Gasteiger partial charge in [0.25, 0.3) is 0 Å². The van der Waals surface area contributed by atoms with Gasteiger partial charge in [0, 0.05) is 56.0 Å². The predicted octanol–water partition coefficient (Wildman–Crippen LogP) is 3.00. The fourth-order valence-electron chi connectivity index (χ4n) is 6.55. The van der Waals surface area contributed by atoms with Crippen LogP contribution in [0.15, 0.2) is 30.6 Å². The molecule has 39 heavy (non-hydrogen) atoms. The molecular formula is C29H40ClN5O4. The molecule has 2 aliphatic heterocycles. The number of aliphatic hydroxyl groups excluding tert-OH is 2. The molecule has 3 N–H and O–H groups in total. The minimum atomic E-state index is -0.993. The lowest BCUT2D eigenvalue weighted by atomic mass is 9.82. The van der Waals surface area contributed by atoms with Crippen LogP contribution in [-0.2, 0) is 15.1 Å². The number of anilines is 1. The number of hydrogen-bond acceptors (Lipinski definition) is 8. The maximum absolute atomic E-state index is 14.4. The highest BCUT2D eigenvalue weighted by Crippen LogP contribution is 2.43. The van der Waals surface area contributed by atoms with Crippen molar-refractivity contribution in [3.05, 3.63) is 52.4 Å². The second-order valence-corrected chi connectivity index (χ2v) is 11.5. The fraction of sp³-hybridized carbons (Fsp3) is 0.621. The summed E-state index contributed by atoms with van der Waals surface area (Å²) in [5.41, 5.74) is 1.61. The summed E-state index contributed by atoms with van der Waals surface area (Å²) in [5, 5.41) is 25.1. The summed E-state index contributed by atoms with van der Waals surface area (Å²) < 4.78 is 5.55. The molecule has 0 saturated carbocycles. The highest BCUT2D eigenvalue weighted by molar-refractivity contribution is 6.30. The monoisotopic (exact) mass is 557 g/mol. The van der Waals surface area contributed by atoms with Crippen LogP contribution in [0, 0.1) is 5.92 Å². The Morgan fingerprint density at radius 1 is 1.18 bits per heavy atom. The fourth-order valence-corrected chi connectivity index (χ4v) is 6.68. The number of carbonyl (C=O) groups is 1. The zero-order valence-corrected chi connectivity index (χ0v) is 23.6. The first-order valence-corrected chi connectivity index (χ1v) is 14.5. The zero-order chi connectivity index (χ0) is 27.6. The third-order valence-corrected chi connectivity index (χ3v) is 9.09. The van der Waals surface area contributed by atoms with Crippen LogP contribution in [0.3, 0.4) is 0 Å². The summed E-state index contributed by atoms with van der Waals surface area (Å²) >= 11 is 6.22. The first kappa shape index (κ1) is 28.2. The number of benzene rings is 1. The average Bonchev–Trinajstić information content (AvgIpc) is 3.28. The minimum Gasteiger partial charge on any atom is -0.395 e. The van der Waals surface area contributed by atoms with Crippen LogP contribution in [0.1, 0.15) is 68.4 Å². The van der Waals surface area contributed by atoms with Gasteiger partial charge in [0.2, 0.25) is 5.91 Å². The lowest BCUT2D eigenvalue weighted by Crippen LogP contribution is -2.63. The van der Waals surface area contributed by atoms with E-state index in [9.17, 15) is 15.0 Å². The van der Waals surface area contributed by atoms with Gasteiger partial charge >= 0.3 is 0 Å². The van der Waals surface area contributed by atoms with Gasteiger partial charge in [-0.15, -0.1) is 0 Å². The van der Waals surface area contributed by atoms with Gasteiger partial charge < -0.3 is 24.7 Å². The van der Waals surface area contributed by atoms with E-state index in [1.807, 2.05) is 36.1 Å². The number of rotatable bonds is 8. The van der Waals surface area contributed by atoms with Crippen molar-refractivity contribution < 1.29 is 19.7 Å². The molecule has 3 aliphatic rings. The SMILES string of the molecule is CC[C@](NC(CO)C1CCOCC1)(C(=O)N1CCN(c2ncnc3c2[C@H](C)C[C@H]3O)CC1)c1ccc(Cl)cc1. The molecule has 1 aromatic heterocycles. The maximum atomic E-state index is 14.4. The van der Waals surface area contributed by atoms with Crippen molar-refractivity contribution in [2.24, 2.45) is 5.92 Å². The number of fused-ring (bicyclic) bond motifs is 1. The molecule has 0 spiro atoms. The molecule has 4 atom stereocenters. The quantitative estimate of drug-likeness (QED) is 0.454. The third-order valence-electron chi connectivity index (χ3n) is 8.84. The summed E-state index contributed by atoms with van der Waals surface area (Å²) in [6.07, 6.45) is 3.87. The van der Waals surface area contributed by atoms with Crippen LogP contribution in [0.5, 0.6) is 0 Å². The van der Waals surface area contributed by atoms with Crippen molar-refractivity contribution in [3.63, 3.8) is 0 Å². The number of amides is 1. The Balaban J connectivity index is 1.38. The van der Waals surface area contributed by atoms with E-state index >= 15 is 0 Å². The van der Waals surface area contributed by atoms with Gasteiger partial charge in [-0.3, -0.25) is 10.1 Å². The maximum Gasteiger partial charge on any atom is 0.247 e. The van der Waals surface area contributed by atoms with Gasteiger partial charge in [0.15, 0.2) is 0 Å². The molecule has 0 bridgehead atoms. The minimum absolute atomic E-state index is 0.00851. The van der Waals surface area contributed by atoms with Crippen LogP contribution in [0.4, 0.5) is 5.82 Å².